The fourth-order valence-electron chi connectivity index (χ4n) is 2.82. The molecule has 2 heterocycles. The van der Waals surface area contributed by atoms with Gasteiger partial charge in [-0.3, -0.25) is 0 Å². The molecule has 0 radical (unpaired) electrons. The molecule has 1 aromatic heterocycles. The zero-order valence-corrected chi connectivity index (χ0v) is 10.4. The average molecular weight is 247 g/mol. The quantitative estimate of drug-likeness (QED) is 0.899. The van der Waals surface area contributed by atoms with Crippen molar-refractivity contribution in [3.8, 4) is 0 Å². The monoisotopic (exact) mass is 247 g/mol. The van der Waals surface area contributed by atoms with E-state index in [0.717, 1.165) is 17.5 Å². The third-order valence-electron chi connectivity index (χ3n) is 4.12. The van der Waals surface area contributed by atoms with E-state index in [1.807, 2.05) is 12.1 Å². The largest absolute Gasteiger partial charge is 0.443 e. The maximum atomic E-state index is 9.57. The van der Waals surface area contributed by atoms with E-state index in [9.17, 15) is 5.11 Å². The van der Waals surface area contributed by atoms with Gasteiger partial charge in [0.2, 0.25) is 0 Å². The number of aliphatic hydroxyl groups is 1. The Kier molecular flexibility index (Phi) is 2.84. The number of hydrogen-bond acceptors (Lipinski definition) is 4. The molecule has 0 aliphatic carbocycles. The molecule has 3 rings (SSSR count). The molecule has 1 aliphatic rings. The molecule has 0 spiro atoms. The van der Waals surface area contributed by atoms with Crippen molar-refractivity contribution in [2.24, 2.45) is 5.92 Å². The Balaban J connectivity index is 2.04. The number of benzene rings is 1. The first-order valence-electron chi connectivity index (χ1n) is 6.32. The van der Waals surface area contributed by atoms with E-state index in [-0.39, 0.29) is 17.9 Å². The minimum Gasteiger partial charge on any atom is -0.443 e. The SMILES string of the molecule is CCC(CO)C1(c2ccc3ncoc3c2)COC1. The highest BCUT2D eigenvalue weighted by molar-refractivity contribution is 5.73. The molecule has 1 N–H and O–H groups in total. The maximum Gasteiger partial charge on any atom is 0.181 e. The molecular formula is C14H17NO3. The number of ether oxygens (including phenoxy) is 1. The van der Waals surface area contributed by atoms with Gasteiger partial charge in [-0.2, -0.15) is 0 Å². The zero-order valence-electron chi connectivity index (χ0n) is 10.4. The van der Waals surface area contributed by atoms with Gasteiger partial charge in [-0.1, -0.05) is 19.4 Å². The fourth-order valence-corrected chi connectivity index (χ4v) is 2.82. The minimum absolute atomic E-state index is 0.0650. The van der Waals surface area contributed by atoms with Gasteiger partial charge in [0.1, 0.15) is 5.52 Å². The van der Waals surface area contributed by atoms with E-state index in [1.165, 1.54) is 12.0 Å². The molecule has 1 fully saturated rings. The summed E-state index contributed by atoms with van der Waals surface area (Å²) in [5.41, 5.74) is 2.78. The maximum absolute atomic E-state index is 9.57. The number of nitrogens with zero attached hydrogens (tertiary/aromatic N) is 1. The van der Waals surface area contributed by atoms with E-state index < -0.39 is 0 Å². The molecule has 96 valence electrons. The summed E-state index contributed by atoms with van der Waals surface area (Å²) in [4.78, 5) is 4.12. The highest BCUT2D eigenvalue weighted by Crippen LogP contribution is 2.41. The van der Waals surface area contributed by atoms with Gasteiger partial charge in [0.15, 0.2) is 12.0 Å². The van der Waals surface area contributed by atoms with Gasteiger partial charge in [-0.05, 0) is 23.6 Å². The molecule has 0 saturated carbocycles. The van der Waals surface area contributed by atoms with Crippen molar-refractivity contribution < 1.29 is 14.3 Å². The van der Waals surface area contributed by atoms with Crippen molar-refractivity contribution in [3.05, 3.63) is 30.2 Å². The standard InChI is InChI=1S/C14H17NO3/c1-2-10(6-16)14(7-17-8-14)11-3-4-12-13(5-11)18-9-15-12/h3-5,9-10,16H,2,6-8H2,1H3. The van der Waals surface area contributed by atoms with Crippen LogP contribution in [0.25, 0.3) is 11.1 Å². The Bertz CT molecular complexity index is 541. The van der Waals surface area contributed by atoms with E-state index >= 15 is 0 Å². The van der Waals surface area contributed by atoms with Crippen LogP contribution in [0.2, 0.25) is 0 Å². The number of oxazole rings is 1. The smallest absolute Gasteiger partial charge is 0.181 e. The lowest BCUT2D eigenvalue weighted by Gasteiger charge is -2.47. The molecule has 0 bridgehead atoms. The van der Waals surface area contributed by atoms with Crippen LogP contribution >= 0.6 is 0 Å². The van der Waals surface area contributed by atoms with Crippen LogP contribution in [0.5, 0.6) is 0 Å². The molecule has 0 amide bonds. The molecule has 1 unspecified atom stereocenters. The van der Waals surface area contributed by atoms with E-state index in [0.29, 0.717) is 13.2 Å². The van der Waals surface area contributed by atoms with Crippen LogP contribution in [-0.4, -0.2) is 29.9 Å². The molecular weight excluding hydrogens is 230 g/mol. The lowest BCUT2D eigenvalue weighted by molar-refractivity contribution is -0.101. The van der Waals surface area contributed by atoms with Gasteiger partial charge < -0.3 is 14.3 Å². The lowest BCUT2D eigenvalue weighted by Crippen LogP contribution is -2.53. The van der Waals surface area contributed by atoms with Gasteiger partial charge in [-0.25, -0.2) is 4.98 Å². The number of rotatable bonds is 4. The molecule has 18 heavy (non-hydrogen) atoms. The van der Waals surface area contributed by atoms with Crippen LogP contribution in [0.1, 0.15) is 18.9 Å². The second-order valence-electron chi connectivity index (χ2n) is 4.97. The Morgan fingerprint density at radius 2 is 2.28 bits per heavy atom. The van der Waals surface area contributed by atoms with Gasteiger partial charge in [0, 0.05) is 12.0 Å². The first-order chi connectivity index (χ1) is 8.80. The average Bonchev–Trinajstić information content (AvgIpc) is 2.80. The Hall–Kier alpha value is -1.39. The summed E-state index contributed by atoms with van der Waals surface area (Å²) in [6.45, 7) is 3.64. The summed E-state index contributed by atoms with van der Waals surface area (Å²) in [6.07, 6.45) is 2.40. The first kappa shape index (κ1) is 11.7. The normalized spacial score (nSPS) is 19.7. The number of aliphatic hydroxyl groups excluding tert-OH is 1. The second kappa shape index (κ2) is 4.37. The molecule has 1 saturated heterocycles. The third kappa shape index (κ3) is 1.56. The topological polar surface area (TPSA) is 55.5 Å². The number of fused-ring (bicyclic) bond motifs is 1. The third-order valence-corrected chi connectivity index (χ3v) is 4.12. The molecule has 4 nitrogen and oxygen atoms in total. The first-order valence-corrected chi connectivity index (χ1v) is 6.32. The van der Waals surface area contributed by atoms with Crippen LogP contribution in [0.3, 0.4) is 0 Å². The van der Waals surface area contributed by atoms with E-state index in [2.05, 4.69) is 18.0 Å². The summed E-state index contributed by atoms with van der Waals surface area (Å²) in [5, 5.41) is 9.57. The number of hydrogen-bond donors (Lipinski definition) is 1. The van der Waals surface area contributed by atoms with Crippen molar-refractivity contribution in [1.82, 2.24) is 4.98 Å². The van der Waals surface area contributed by atoms with E-state index in [1.54, 1.807) is 0 Å². The van der Waals surface area contributed by atoms with Gasteiger partial charge in [0.25, 0.3) is 0 Å². The fraction of sp³-hybridized carbons (Fsp3) is 0.500. The summed E-state index contributed by atoms with van der Waals surface area (Å²) < 4.78 is 10.8. The van der Waals surface area contributed by atoms with Gasteiger partial charge >= 0.3 is 0 Å². The van der Waals surface area contributed by atoms with Gasteiger partial charge in [0.05, 0.1) is 13.2 Å². The zero-order chi connectivity index (χ0) is 12.6. The van der Waals surface area contributed by atoms with E-state index in [4.69, 9.17) is 9.15 Å². The van der Waals surface area contributed by atoms with Crippen molar-refractivity contribution in [3.63, 3.8) is 0 Å². The van der Waals surface area contributed by atoms with Crippen LogP contribution in [0.4, 0.5) is 0 Å². The van der Waals surface area contributed by atoms with Crippen LogP contribution in [0.15, 0.2) is 29.0 Å². The van der Waals surface area contributed by atoms with Crippen molar-refractivity contribution in [2.45, 2.75) is 18.8 Å². The Morgan fingerprint density at radius 1 is 1.44 bits per heavy atom. The van der Waals surface area contributed by atoms with Crippen LogP contribution in [0, 0.1) is 5.92 Å². The highest BCUT2D eigenvalue weighted by atomic mass is 16.5. The molecule has 4 heteroatoms. The van der Waals surface area contributed by atoms with Crippen molar-refractivity contribution in [2.75, 3.05) is 19.8 Å². The molecule has 1 aromatic carbocycles. The van der Waals surface area contributed by atoms with Crippen LogP contribution in [-0.2, 0) is 10.2 Å². The van der Waals surface area contributed by atoms with Crippen LogP contribution < -0.4 is 0 Å². The summed E-state index contributed by atoms with van der Waals surface area (Å²) in [7, 11) is 0. The highest BCUT2D eigenvalue weighted by Gasteiger charge is 2.46. The summed E-state index contributed by atoms with van der Waals surface area (Å²) >= 11 is 0. The summed E-state index contributed by atoms with van der Waals surface area (Å²) in [5.74, 6) is 0.228. The second-order valence-corrected chi connectivity index (χ2v) is 4.97. The van der Waals surface area contributed by atoms with Crippen molar-refractivity contribution >= 4 is 11.1 Å². The lowest BCUT2D eigenvalue weighted by atomic mass is 9.68. The molecule has 2 aromatic rings. The predicted molar refractivity (Wildman–Crippen MR) is 67.4 cm³/mol. The molecule has 1 aliphatic heterocycles. The van der Waals surface area contributed by atoms with Gasteiger partial charge in [-0.15, -0.1) is 0 Å². The van der Waals surface area contributed by atoms with Crippen molar-refractivity contribution in [1.29, 1.82) is 0 Å². The molecule has 1 atom stereocenters. The minimum atomic E-state index is -0.0650. The Labute approximate surface area is 106 Å². The number of aromatic nitrogens is 1. The predicted octanol–water partition coefficient (Wildman–Crippen LogP) is 2.11. The Morgan fingerprint density at radius 3 is 2.89 bits per heavy atom. The summed E-state index contributed by atoms with van der Waals surface area (Å²) in [6, 6.07) is 6.08.